The Balaban J connectivity index is 1.80. The molecule has 0 amide bonds. The SMILES string of the molecule is CCOCc1nc2c(N)ncc(C)c2n1CCC[S+]([O-])c1ccc(Cl)cc1Cl. The van der Waals surface area contributed by atoms with Crippen molar-refractivity contribution in [2.24, 2.45) is 0 Å². The third kappa shape index (κ3) is 4.55. The maximum Gasteiger partial charge on any atom is 0.171 e. The lowest BCUT2D eigenvalue weighted by atomic mass is 10.2. The number of ether oxygens (including phenoxy) is 1. The normalized spacial score (nSPS) is 12.6. The van der Waals surface area contributed by atoms with Gasteiger partial charge in [-0.25, -0.2) is 9.97 Å². The average Bonchev–Trinajstić information content (AvgIpc) is 3.02. The Hall–Kier alpha value is -1.51. The van der Waals surface area contributed by atoms with E-state index in [0.717, 1.165) is 16.9 Å². The summed E-state index contributed by atoms with van der Waals surface area (Å²) >= 11 is 10.9. The van der Waals surface area contributed by atoms with Gasteiger partial charge in [0.15, 0.2) is 10.7 Å². The zero-order valence-corrected chi connectivity index (χ0v) is 18.1. The summed E-state index contributed by atoms with van der Waals surface area (Å²) in [6, 6.07) is 5.02. The Kier molecular flexibility index (Phi) is 7.06. The van der Waals surface area contributed by atoms with Crippen molar-refractivity contribution in [3.8, 4) is 0 Å². The molecule has 0 aliphatic heterocycles. The van der Waals surface area contributed by atoms with Crippen LogP contribution < -0.4 is 5.73 Å². The molecule has 1 unspecified atom stereocenters. The van der Waals surface area contributed by atoms with Gasteiger partial charge in [-0.3, -0.25) is 0 Å². The molecule has 1 atom stereocenters. The van der Waals surface area contributed by atoms with Crippen molar-refractivity contribution in [1.29, 1.82) is 0 Å². The van der Waals surface area contributed by atoms with Gasteiger partial charge in [-0.2, -0.15) is 0 Å². The van der Waals surface area contributed by atoms with E-state index in [1.807, 2.05) is 13.8 Å². The van der Waals surface area contributed by atoms with Gasteiger partial charge in [-0.15, -0.1) is 0 Å². The lowest BCUT2D eigenvalue weighted by Gasteiger charge is -2.14. The maximum atomic E-state index is 12.7. The summed E-state index contributed by atoms with van der Waals surface area (Å²) in [7, 11) is 0. The van der Waals surface area contributed by atoms with Crippen LogP contribution in [0.25, 0.3) is 11.0 Å². The van der Waals surface area contributed by atoms with Crippen molar-refractivity contribution < 1.29 is 9.29 Å². The molecule has 2 N–H and O–H groups in total. The van der Waals surface area contributed by atoms with Crippen LogP contribution in [0, 0.1) is 6.92 Å². The highest BCUT2D eigenvalue weighted by atomic mass is 35.5. The second kappa shape index (κ2) is 9.33. The number of hydrogen-bond acceptors (Lipinski definition) is 5. The molecule has 9 heteroatoms. The van der Waals surface area contributed by atoms with Gasteiger partial charge in [-0.05, 0) is 48.8 Å². The number of nitrogens with zero attached hydrogens (tertiary/aromatic N) is 3. The summed E-state index contributed by atoms with van der Waals surface area (Å²) in [4.78, 5) is 9.42. The molecular weight excluding hydrogens is 419 g/mol. The van der Waals surface area contributed by atoms with Crippen LogP contribution >= 0.6 is 23.2 Å². The molecule has 0 fully saturated rings. The number of nitrogens with two attached hydrogens (primary N) is 1. The number of pyridine rings is 1. The quantitative estimate of drug-likeness (QED) is 0.525. The Labute approximate surface area is 177 Å². The summed E-state index contributed by atoms with van der Waals surface area (Å²) in [5.74, 6) is 1.65. The second-order valence-corrected chi connectivity index (χ2v) is 8.70. The topological polar surface area (TPSA) is 89.0 Å². The molecule has 0 saturated heterocycles. The molecule has 3 rings (SSSR count). The van der Waals surface area contributed by atoms with E-state index in [2.05, 4.69) is 14.5 Å². The summed E-state index contributed by atoms with van der Waals surface area (Å²) in [5.41, 5.74) is 8.62. The zero-order valence-electron chi connectivity index (χ0n) is 15.7. The van der Waals surface area contributed by atoms with Crippen LogP contribution in [0.4, 0.5) is 5.82 Å². The standard InChI is InChI=1S/C19H22Cl2N4O2S/c1-3-27-11-16-24-17-18(12(2)10-23-19(17)22)25(16)7-4-8-28(26)15-6-5-13(20)9-14(15)21/h5-6,9-10H,3-4,7-8,11H2,1-2H3,(H2,22,23). The van der Waals surface area contributed by atoms with E-state index in [1.54, 1.807) is 24.4 Å². The first-order valence-corrected chi connectivity index (χ1v) is 11.0. The molecule has 6 nitrogen and oxygen atoms in total. The largest absolute Gasteiger partial charge is 0.611 e. The number of nitrogen functional groups attached to an aromatic ring is 1. The molecule has 2 aromatic heterocycles. The fourth-order valence-corrected chi connectivity index (χ4v) is 4.81. The molecule has 2 heterocycles. The Morgan fingerprint density at radius 2 is 2.11 bits per heavy atom. The van der Waals surface area contributed by atoms with E-state index in [4.69, 9.17) is 33.7 Å². The van der Waals surface area contributed by atoms with Crippen molar-refractivity contribution in [2.75, 3.05) is 18.1 Å². The molecule has 0 radical (unpaired) electrons. The predicted molar refractivity (Wildman–Crippen MR) is 114 cm³/mol. The number of rotatable bonds is 8. The van der Waals surface area contributed by atoms with Gasteiger partial charge in [-0.1, -0.05) is 23.2 Å². The van der Waals surface area contributed by atoms with Crippen LogP contribution in [0.5, 0.6) is 0 Å². The summed E-state index contributed by atoms with van der Waals surface area (Å²) < 4.78 is 20.3. The number of fused-ring (bicyclic) bond motifs is 1. The minimum absolute atomic E-state index is 0.385. The van der Waals surface area contributed by atoms with Gasteiger partial charge in [0, 0.05) is 30.8 Å². The van der Waals surface area contributed by atoms with Gasteiger partial charge >= 0.3 is 0 Å². The minimum atomic E-state index is -1.21. The van der Waals surface area contributed by atoms with Gasteiger partial charge in [0.25, 0.3) is 0 Å². The monoisotopic (exact) mass is 440 g/mol. The lowest BCUT2D eigenvalue weighted by molar-refractivity contribution is 0.126. The second-order valence-electron chi connectivity index (χ2n) is 6.32. The zero-order chi connectivity index (χ0) is 20.3. The van der Waals surface area contributed by atoms with Gasteiger partial charge < -0.3 is 19.6 Å². The molecule has 0 spiro atoms. The van der Waals surface area contributed by atoms with Crippen molar-refractivity contribution in [2.45, 2.75) is 38.3 Å². The Bertz CT molecular complexity index is 980. The highest BCUT2D eigenvalue weighted by molar-refractivity contribution is 7.91. The molecule has 0 bridgehead atoms. The highest BCUT2D eigenvalue weighted by Crippen LogP contribution is 2.27. The third-order valence-corrected chi connectivity index (χ3v) is 6.51. The van der Waals surface area contributed by atoms with Gasteiger partial charge in [0.05, 0.1) is 10.5 Å². The molecule has 150 valence electrons. The summed E-state index contributed by atoms with van der Waals surface area (Å²) in [5, 5.41) is 0.948. The minimum Gasteiger partial charge on any atom is -0.611 e. The van der Waals surface area contributed by atoms with E-state index in [0.29, 0.717) is 58.2 Å². The van der Waals surface area contributed by atoms with E-state index in [1.165, 1.54) is 0 Å². The summed E-state index contributed by atoms with van der Waals surface area (Å²) in [6.45, 7) is 5.53. The Morgan fingerprint density at radius 1 is 1.32 bits per heavy atom. The first-order chi connectivity index (χ1) is 13.4. The number of anilines is 1. The number of benzene rings is 1. The van der Waals surface area contributed by atoms with Crippen LogP contribution in [0.15, 0.2) is 29.3 Å². The van der Waals surface area contributed by atoms with Gasteiger partial charge in [0.2, 0.25) is 0 Å². The van der Waals surface area contributed by atoms with Crippen molar-refractivity contribution in [3.05, 3.63) is 45.8 Å². The van der Waals surface area contributed by atoms with Crippen LogP contribution in [0.3, 0.4) is 0 Å². The van der Waals surface area contributed by atoms with Crippen LogP contribution in [0.1, 0.15) is 24.7 Å². The first-order valence-electron chi connectivity index (χ1n) is 8.93. The molecule has 0 saturated carbocycles. The van der Waals surface area contributed by atoms with Crippen LogP contribution in [-0.4, -0.2) is 31.4 Å². The van der Waals surface area contributed by atoms with Crippen molar-refractivity contribution in [1.82, 2.24) is 14.5 Å². The molecule has 28 heavy (non-hydrogen) atoms. The van der Waals surface area contributed by atoms with E-state index in [-0.39, 0.29) is 0 Å². The van der Waals surface area contributed by atoms with E-state index < -0.39 is 11.2 Å². The number of halogens is 2. The molecule has 1 aromatic carbocycles. The predicted octanol–water partition coefficient (Wildman–Crippen LogP) is 4.36. The maximum absolute atomic E-state index is 12.7. The smallest absolute Gasteiger partial charge is 0.171 e. The molecular formula is C19H22Cl2N4O2S. The number of aromatic nitrogens is 3. The van der Waals surface area contributed by atoms with Crippen LogP contribution in [-0.2, 0) is 29.1 Å². The molecule has 3 aromatic rings. The fraction of sp³-hybridized carbons (Fsp3) is 0.368. The van der Waals surface area contributed by atoms with E-state index in [9.17, 15) is 4.55 Å². The summed E-state index contributed by atoms with van der Waals surface area (Å²) in [6.07, 6.45) is 2.42. The fourth-order valence-electron chi connectivity index (χ4n) is 3.03. The first kappa shape index (κ1) is 21.2. The van der Waals surface area contributed by atoms with Gasteiger partial charge in [0.1, 0.15) is 23.7 Å². The number of hydrogen-bond donors (Lipinski definition) is 1. The Morgan fingerprint density at radius 3 is 2.82 bits per heavy atom. The molecule has 0 aliphatic rings. The van der Waals surface area contributed by atoms with Crippen molar-refractivity contribution in [3.63, 3.8) is 0 Å². The lowest BCUT2D eigenvalue weighted by Crippen LogP contribution is -2.13. The van der Waals surface area contributed by atoms with Crippen LogP contribution in [0.2, 0.25) is 10.0 Å². The molecule has 0 aliphatic carbocycles. The third-order valence-electron chi connectivity index (χ3n) is 4.35. The number of imidazole rings is 1. The average molecular weight is 441 g/mol. The number of aryl methyl sites for hydroxylation is 2. The van der Waals surface area contributed by atoms with Crippen molar-refractivity contribution >= 4 is 51.2 Å². The van der Waals surface area contributed by atoms with E-state index >= 15 is 0 Å². The highest BCUT2D eigenvalue weighted by Gasteiger charge is 2.19.